The van der Waals surface area contributed by atoms with Gasteiger partial charge in [-0.05, 0) is 77.0 Å². The summed E-state index contributed by atoms with van der Waals surface area (Å²) in [5, 5.41) is 0.851. The van der Waals surface area contributed by atoms with Gasteiger partial charge in [0.15, 0.2) is 0 Å². The van der Waals surface area contributed by atoms with Crippen LogP contribution in [0.3, 0.4) is 0 Å². The molecule has 0 radical (unpaired) electrons. The van der Waals surface area contributed by atoms with E-state index in [1.54, 1.807) is 0 Å². The molecule has 0 bridgehead atoms. The SMILES string of the molecule is CCN(c1cc(Cl)cc(C)c1C)C1CCN(C)CC1. The van der Waals surface area contributed by atoms with Crippen LogP contribution in [0.4, 0.5) is 5.69 Å². The minimum Gasteiger partial charge on any atom is -0.368 e. The number of likely N-dealkylation sites (tertiary alicyclic amines) is 1. The Morgan fingerprint density at radius 1 is 1.26 bits per heavy atom. The maximum absolute atomic E-state index is 6.25. The molecule has 1 saturated heterocycles. The van der Waals surface area contributed by atoms with E-state index in [9.17, 15) is 0 Å². The van der Waals surface area contributed by atoms with E-state index in [0.29, 0.717) is 6.04 Å². The van der Waals surface area contributed by atoms with Crippen LogP contribution < -0.4 is 4.90 Å². The van der Waals surface area contributed by atoms with Crippen LogP contribution in [0.1, 0.15) is 30.9 Å². The lowest BCUT2D eigenvalue weighted by Gasteiger charge is -2.39. The minimum absolute atomic E-state index is 0.651. The van der Waals surface area contributed by atoms with Crippen LogP contribution in [0.2, 0.25) is 5.02 Å². The van der Waals surface area contributed by atoms with Crippen molar-refractivity contribution >= 4 is 17.3 Å². The summed E-state index contributed by atoms with van der Waals surface area (Å²) in [6.07, 6.45) is 2.49. The van der Waals surface area contributed by atoms with Gasteiger partial charge in [0.2, 0.25) is 0 Å². The van der Waals surface area contributed by atoms with Gasteiger partial charge in [0.05, 0.1) is 0 Å². The standard InChI is InChI=1S/C16H25ClN2/c1-5-19(15-6-8-18(4)9-7-15)16-11-14(17)10-12(2)13(16)3/h10-11,15H,5-9H2,1-4H3. The highest BCUT2D eigenvalue weighted by Crippen LogP contribution is 2.31. The van der Waals surface area contributed by atoms with Gasteiger partial charge in [-0.25, -0.2) is 0 Å². The molecule has 2 nitrogen and oxygen atoms in total. The van der Waals surface area contributed by atoms with Gasteiger partial charge in [-0.2, -0.15) is 0 Å². The van der Waals surface area contributed by atoms with E-state index >= 15 is 0 Å². The van der Waals surface area contributed by atoms with E-state index < -0.39 is 0 Å². The van der Waals surface area contributed by atoms with Crippen LogP contribution in [0.25, 0.3) is 0 Å². The highest BCUT2D eigenvalue weighted by atomic mass is 35.5. The number of anilines is 1. The summed E-state index contributed by atoms with van der Waals surface area (Å²) in [4.78, 5) is 4.96. The van der Waals surface area contributed by atoms with Gasteiger partial charge in [0.1, 0.15) is 0 Å². The number of nitrogens with zero attached hydrogens (tertiary/aromatic N) is 2. The van der Waals surface area contributed by atoms with E-state index in [0.717, 1.165) is 11.6 Å². The van der Waals surface area contributed by atoms with Gasteiger partial charge < -0.3 is 9.80 Å². The third-order valence-corrected chi connectivity index (χ3v) is 4.60. The first-order valence-electron chi connectivity index (χ1n) is 7.24. The van der Waals surface area contributed by atoms with E-state index in [1.165, 1.54) is 42.7 Å². The van der Waals surface area contributed by atoms with Crippen molar-refractivity contribution in [2.24, 2.45) is 0 Å². The fraction of sp³-hybridized carbons (Fsp3) is 0.625. The van der Waals surface area contributed by atoms with E-state index in [1.807, 2.05) is 0 Å². The second-order valence-corrected chi connectivity index (χ2v) is 6.12. The van der Waals surface area contributed by atoms with Gasteiger partial charge in [-0.1, -0.05) is 11.6 Å². The number of aryl methyl sites for hydroxylation is 1. The molecule has 0 N–H and O–H groups in total. The molecule has 1 aromatic carbocycles. The summed E-state index contributed by atoms with van der Waals surface area (Å²) in [6, 6.07) is 4.84. The zero-order chi connectivity index (χ0) is 14.0. The van der Waals surface area contributed by atoms with E-state index in [2.05, 4.69) is 49.8 Å². The average Bonchev–Trinajstić information content (AvgIpc) is 2.38. The third kappa shape index (κ3) is 3.24. The Balaban J connectivity index is 2.27. The molecule has 1 aliphatic heterocycles. The molecule has 1 aliphatic rings. The molecular weight excluding hydrogens is 256 g/mol. The topological polar surface area (TPSA) is 6.48 Å². The molecule has 0 atom stereocenters. The zero-order valence-corrected chi connectivity index (χ0v) is 13.3. The Morgan fingerprint density at radius 3 is 2.47 bits per heavy atom. The number of rotatable bonds is 3. The molecule has 0 unspecified atom stereocenters. The number of benzene rings is 1. The molecule has 106 valence electrons. The Hall–Kier alpha value is -0.730. The Labute approximate surface area is 122 Å². The van der Waals surface area contributed by atoms with Gasteiger partial charge in [-0.3, -0.25) is 0 Å². The van der Waals surface area contributed by atoms with Crippen molar-refractivity contribution in [3.8, 4) is 0 Å². The summed E-state index contributed by atoms with van der Waals surface area (Å²) in [5.41, 5.74) is 3.97. The number of halogens is 1. The second kappa shape index (κ2) is 6.15. The van der Waals surface area contributed by atoms with E-state index in [4.69, 9.17) is 11.6 Å². The van der Waals surface area contributed by atoms with Crippen molar-refractivity contribution in [3.63, 3.8) is 0 Å². The second-order valence-electron chi connectivity index (χ2n) is 5.69. The number of piperidine rings is 1. The van der Waals surface area contributed by atoms with Crippen LogP contribution in [0.5, 0.6) is 0 Å². The minimum atomic E-state index is 0.651. The quantitative estimate of drug-likeness (QED) is 0.829. The molecule has 2 rings (SSSR count). The number of hydrogen-bond donors (Lipinski definition) is 0. The first kappa shape index (κ1) is 14.7. The molecule has 1 aromatic rings. The third-order valence-electron chi connectivity index (χ3n) is 4.38. The summed E-state index contributed by atoms with van der Waals surface area (Å²) >= 11 is 6.25. The number of hydrogen-bond acceptors (Lipinski definition) is 2. The van der Waals surface area contributed by atoms with Crippen molar-refractivity contribution in [1.82, 2.24) is 4.90 Å². The first-order chi connectivity index (χ1) is 9.02. The Morgan fingerprint density at radius 2 is 1.89 bits per heavy atom. The summed E-state index contributed by atoms with van der Waals surface area (Å²) in [7, 11) is 2.21. The molecule has 0 amide bonds. The van der Waals surface area contributed by atoms with Crippen molar-refractivity contribution in [1.29, 1.82) is 0 Å². The molecule has 19 heavy (non-hydrogen) atoms. The lowest BCUT2D eigenvalue weighted by Crippen LogP contribution is -2.44. The van der Waals surface area contributed by atoms with E-state index in [-0.39, 0.29) is 0 Å². The van der Waals surface area contributed by atoms with Crippen LogP contribution in [-0.4, -0.2) is 37.6 Å². The largest absolute Gasteiger partial charge is 0.368 e. The van der Waals surface area contributed by atoms with Crippen molar-refractivity contribution < 1.29 is 0 Å². The zero-order valence-electron chi connectivity index (χ0n) is 12.5. The first-order valence-corrected chi connectivity index (χ1v) is 7.62. The molecule has 1 fully saturated rings. The van der Waals surface area contributed by atoms with Crippen molar-refractivity contribution in [2.75, 3.05) is 31.6 Å². The summed E-state index contributed by atoms with van der Waals surface area (Å²) < 4.78 is 0. The van der Waals surface area contributed by atoms with Crippen LogP contribution in [0, 0.1) is 13.8 Å². The predicted molar refractivity (Wildman–Crippen MR) is 84.5 cm³/mol. The molecule has 3 heteroatoms. The Kier molecular flexibility index (Phi) is 4.75. The van der Waals surface area contributed by atoms with Crippen LogP contribution in [-0.2, 0) is 0 Å². The molecule has 0 spiro atoms. The molecule has 0 aromatic heterocycles. The lowest BCUT2D eigenvalue weighted by atomic mass is 10.00. The van der Waals surface area contributed by atoms with Gasteiger partial charge >= 0.3 is 0 Å². The molecule has 0 saturated carbocycles. The summed E-state index contributed by atoms with van der Waals surface area (Å²) in [5.74, 6) is 0. The molecule has 0 aliphatic carbocycles. The fourth-order valence-corrected chi connectivity index (χ4v) is 3.29. The maximum atomic E-state index is 6.25. The lowest BCUT2D eigenvalue weighted by molar-refractivity contribution is 0.250. The molecular formula is C16H25ClN2. The summed E-state index contributed by atoms with van der Waals surface area (Å²) in [6.45, 7) is 10.0. The maximum Gasteiger partial charge on any atom is 0.0429 e. The van der Waals surface area contributed by atoms with Gasteiger partial charge in [-0.15, -0.1) is 0 Å². The van der Waals surface area contributed by atoms with Gasteiger partial charge in [0.25, 0.3) is 0 Å². The highest BCUT2D eigenvalue weighted by molar-refractivity contribution is 6.31. The monoisotopic (exact) mass is 280 g/mol. The fourth-order valence-electron chi connectivity index (χ4n) is 3.03. The van der Waals surface area contributed by atoms with Crippen molar-refractivity contribution in [2.45, 2.75) is 39.7 Å². The van der Waals surface area contributed by atoms with Crippen LogP contribution >= 0.6 is 11.6 Å². The smallest absolute Gasteiger partial charge is 0.0429 e. The predicted octanol–water partition coefficient (Wildman–Crippen LogP) is 3.88. The Bertz CT molecular complexity index is 437. The highest BCUT2D eigenvalue weighted by Gasteiger charge is 2.23. The molecule has 1 heterocycles. The normalized spacial score (nSPS) is 17.7. The average molecular weight is 281 g/mol. The van der Waals surface area contributed by atoms with Crippen LogP contribution in [0.15, 0.2) is 12.1 Å². The van der Waals surface area contributed by atoms with Crippen molar-refractivity contribution in [3.05, 3.63) is 28.3 Å². The van der Waals surface area contributed by atoms with Gasteiger partial charge in [0, 0.05) is 23.3 Å².